The lowest BCUT2D eigenvalue weighted by Crippen LogP contribution is -1.99. The average molecular weight is 346 g/mol. The van der Waals surface area contributed by atoms with Crippen LogP contribution in [0.25, 0.3) is 9.75 Å². The van der Waals surface area contributed by atoms with Crippen molar-refractivity contribution in [1.82, 2.24) is 0 Å². The van der Waals surface area contributed by atoms with Gasteiger partial charge in [0.1, 0.15) is 4.88 Å². The van der Waals surface area contributed by atoms with Crippen LogP contribution in [0.2, 0.25) is 0 Å². The third kappa shape index (κ3) is 2.20. The molecular weight excluding hydrogens is 334 g/mol. The van der Waals surface area contributed by atoms with Crippen LogP contribution in [0.3, 0.4) is 0 Å². The molecule has 0 atom stereocenters. The summed E-state index contributed by atoms with van der Waals surface area (Å²) >= 11 is 6.36. The lowest BCUT2D eigenvalue weighted by molar-refractivity contribution is 0.0703. The molecule has 18 heavy (non-hydrogen) atoms. The van der Waals surface area contributed by atoms with Gasteiger partial charge < -0.3 is 10.8 Å². The fourth-order valence-electron chi connectivity index (χ4n) is 1.76. The number of aromatic carboxylic acids is 1. The van der Waals surface area contributed by atoms with Gasteiger partial charge in [-0.25, -0.2) is 4.79 Å². The van der Waals surface area contributed by atoms with Gasteiger partial charge in [0.05, 0.1) is 14.4 Å². The predicted molar refractivity (Wildman–Crippen MR) is 80.8 cm³/mol. The van der Waals surface area contributed by atoms with Crippen molar-refractivity contribution < 1.29 is 9.90 Å². The van der Waals surface area contributed by atoms with E-state index in [1.165, 1.54) is 11.3 Å². The molecule has 0 radical (unpaired) electrons. The van der Waals surface area contributed by atoms with Crippen LogP contribution in [-0.2, 0) is 6.42 Å². The van der Waals surface area contributed by atoms with Crippen molar-refractivity contribution in [2.45, 2.75) is 20.3 Å². The molecule has 3 nitrogen and oxygen atoms in total. The molecule has 0 amide bonds. The first-order valence-electron chi connectivity index (χ1n) is 5.36. The Balaban J connectivity index is 2.63. The van der Waals surface area contributed by atoms with Crippen molar-refractivity contribution in [1.29, 1.82) is 0 Å². The molecule has 0 fully saturated rings. The van der Waals surface area contributed by atoms with E-state index in [1.807, 2.05) is 13.8 Å². The van der Waals surface area contributed by atoms with Gasteiger partial charge in [-0.15, -0.1) is 22.7 Å². The van der Waals surface area contributed by atoms with Crippen LogP contribution < -0.4 is 5.73 Å². The number of hydrogen-bond acceptors (Lipinski definition) is 4. The van der Waals surface area contributed by atoms with Crippen molar-refractivity contribution in [2.24, 2.45) is 0 Å². The number of anilines is 1. The second-order valence-electron chi connectivity index (χ2n) is 3.88. The number of rotatable bonds is 3. The van der Waals surface area contributed by atoms with E-state index in [0.717, 1.165) is 31.1 Å². The number of carbonyl (C=O) groups is 1. The Hall–Kier alpha value is -0.850. The summed E-state index contributed by atoms with van der Waals surface area (Å²) in [7, 11) is 0. The van der Waals surface area contributed by atoms with Crippen molar-refractivity contribution >= 4 is 50.3 Å². The molecule has 3 N–H and O–H groups in total. The highest BCUT2D eigenvalue weighted by Crippen LogP contribution is 2.43. The first-order chi connectivity index (χ1) is 8.45. The first-order valence-corrected chi connectivity index (χ1v) is 7.79. The normalized spacial score (nSPS) is 10.8. The minimum atomic E-state index is -0.953. The highest BCUT2D eigenvalue weighted by atomic mass is 79.9. The second kappa shape index (κ2) is 5.03. The zero-order valence-corrected chi connectivity index (χ0v) is 13.1. The summed E-state index contributed by atoms with van der Waals surface area (Å²) in [5.74, 6) is -0.953. The van der Waals surface area contributed by atoms with Gasteiger partial charge in [-0.3, -0.25) is 0 Å². The number of thiophene rings is 2. The number of carboxylic acids is 1. The second-order valence-corrected chi connectivity index (χ2v) is 7.27. The molecule has 6 heteroatoms. The maximum atomic E-state index is 11.1. The zero-order chi connectivity index (χ0) is 13.4. The van der Waals surface area contributed by atoms with Crippen LogP contribution in [0.15, 0.2) is 9.85 Å². The van der Waals surface area contributed by atoms with Crippen LogP contribution in [0.5, 0.6) is 0 Å². The molecule has 2 heterocycles. The molecule has 0 unspecified atom stereocenters. The molecule has 0 aliphatic heterocycles. The van der Waals surface area contributed by atoms with Crippen LogP contribution in [0, 0.1) is 6.92 Å². The maximum Gasteiger partial charge on any atom is 0.348 e. The molecule has 0 bridgehead atoms. The van der Waals surface area contributed by atoms with Crippen LogP contribution in [-0.4, -0.2) is 11.1 Å². The molecule has 2 rings (SSSR count). The maximum absolute atomic E-state index is 11.1. The van der Waals surface area contributed by atoms with Gasteiger partial charge in [-0.1, -0.05) is 6.92 Å². The molecule has 2 aromatic heterocycles. The number of hydrogen-bond donors (Lipinski definition) is 2. The Morgan fingerprint density at radius 1 is 1.50 bits per heavy atom. The van der Waals surface area contributed by atoms with E-state index in [-0.39, 0.29) is 4.88 Å². The number of nitrogens with two attached hydrogens (primary N) is 1. The summed E-state index contributed by atoms with van der Waals surface area (Å²) < 4.78 is 1.07. The summed E-state index contributed by atoms with van der Waals surface area (Å²) in [6, 6.07) is 2.06. The molecule has 96 valence electrons. The van der Waals surface area contributed by atoms with E-state index in [9.17, 15) is 4.79 Å². The molecule has 0 saturated heterocycles. The monoisotopic (exact) mass is 345 g/mol. The van der Waals surface area contributed by atoms with Gasteiger partial charge in [0.25, 0.3) is 0 Å². The predicted octanol–water partition coefficient (Wildman–Crippen LogP) is 4.39. The van der Waals surface area contributed by atoms with E-state index >= 15 is 0 Å². The molecule has 0 spiro atoms. The highest BCUT2D eigenvalue weighted by Gasteiger charge is 2.21. The average Bonchev–Trinajstić information content (AvgIpc) is 2.80. The fourth-order valence-corrected chi connectivity index (χ4v) is 4.57. The lowest BCUT2D eigenvalue weighted by atomic mass is 10.1. The van der Waals surface area contributed by atoms with E-state index in [2.05, 4.69) is 22.0 Å². The molecular formula is C12H12BrNO2S2. The number of nitrogen functional groups attached to an aromatic ring is 1. The SMILES string of the molecule is CCc1c(-c2cc(C)c(Br)s2)sc(C(=O)O)c1N. The standard InChI is InChI=1S/C12H12BrNO2S2/c1-3-6-8(14)10(12(15)16)18-9(6)7-4-5(2)11(13)17-7/h4H,3,14H2,1-2H3,(H,15,16). The van der Waals surface area contributed by atoms with Crippen molar-refractivity contribution in [2.75, 3.05) is 5.73 Å². The highest BCUT2D eigenvalue weighted by molar-refractivity contribution is 9.11. The van der Waals surface area contributed by atoms with Crippen molar-refractivity contribution in [3.63, 3.8) is 0 Å². The van der Waals surface area contributed by atoms with E-state index in [4.69, 9.17) is 10.8 Å². The zero-order valence-electron chi connectivity index (χ0n) is 9.91. The Morgan fingerprint density at radius 3 is 2.61 bits per heavy atom. The van der Waals surface area contributed by atoms with Crippen molar-refractivity contribution in [3.05, 3.63) is 25.9 Å². The molecule has 0 aliphatic carbocycles. The van der Waals surface area contributed by atoms with E-state index in [1.54, 1.807) is 11.3 Å². The van der Waals surface area contributed by atoms with Gasteiger partial charge in [-0.2, -0.15) is 0 Å². The Kier molecular flexibility index (Phi) is 3.79. The van der Waals surface area contributed by atoms with Gasteiger partial charge >= 0.3 is 5.97 Å². The van der Waals surface area contributed by atoms with Crippen LogP contribution >= 0.6 is 38.6 Å². The Morgan fingerprint density at radius 2 is 2.17 bits per heavy atom. The van der Waals surface area contributed by atoms with Crippen LogP contribution in [0.4, 0.5) is 5.69 Å². The molecule has 0 aromatic carbocycles. The first kappa shape index (κ1) is 13.6. The third-order valence-electron chi connectivity index (χ3n) is 2.68. The largest absolute Gasteiger partial charge is 0.477 e. The van der Waals surface area contributed by atoms with Gasteiger partial charge in [-0.05, 0) is 46.5 Å². The third-order valence-corrected chi connectivity index (χ3v) is 6.23. The van der Waals surface area contributed by atoms with E-state index in [0.29, 0.717) is 5.69 Å². The fraction of sp³-hybridized carbons (Fsp3) is 0.250. The quantitative estimate of drug-likeness (QED) is 0.866. The summed E-state index contributed by atoms with van der Waals surface area (Å²) in [5, 5.41) is 9.13. The summed E-state index contributed by atoms with van der Waals surface area (Å²) in [6.07, 6.45) is 0.736. The summed E-state index contributed by atoms with van der Waals surface area (Å²) in [6.45, 7) is 4.01. The number of carboxylic acid groups (broad SMARTS) is 1. The Bertz CT molecular complexity index is 596. The summed E-state index contributed by atoms with van der Waals surface area (Å²) in [4.78, 5) is 13.4. The molecule has 0 saturated carbocycles. The summed E-state index contributed by atoms with van der Waals surface area (Å²) in [5.41, 5.74) is 8.42. The van der Waals surface area contributed by atoms with E-state index < -0.39 is 5.97 Å². The lowest BCUT2D eigenvalue weighted by Gasteiger charge is -1.99. The molecule has 0 aliphatic rings. The van der Waals surface area contributed by atoms with Crippen LogP contribution in [0.1, 0.15) is 27.7 Å². The molecule has 2 aromatic rings. The van der Waals surface area contributed by atoms with Gasteiger partial charge in [0.15, 0.2) is 0 Å². The number of aryl methyl sites for hydroxylation is 1. The minimum Gasteiger partial charge on any atom is -0.477 e. The Labute approximate surface area is 121 Å². The topological polar surface area (TPSA) is 63.3 Å². The van der Waals surface area contributed by atoms with Crippen molar-refractivity contribution in [3.8, 4) is 9.75 Å². The van der Waals surface area contributed by atoms with Gasteiger partial charge in [0.2, 0.25) is 0 Å². The number of halogens is 1. The minimum absolute atomic E-state index is 0.240. The van der Waals surface area contributed by atoms with Gasteiger partial charge in [0, 0.05) is 4.88 Å². The smallest absolute Gasteiger partial charge is 0.348 e.